The van der Waals surface area contributed by atoms with Crippen LogP contribution in [0.1, 0.15) is 18.4 Å². The van der Waals surface area contributed by atoms with Gasteiger partial charge in [0.25, 0.3) is 0 Å². The molecule has 2 unspecified atom stereocenters. The van der Waals surface area contributed by atoms with Crippen molar-refractivity contribution in [3.63, 3.8) is 0 Å². The summed E-state index contributed by atoms with van der Waals surface area (Å²) in [5.74, 6) is 0.722. The lowest BCUT2D eigenvalue weighted by atomic mass is 9.82. The average Bonchev–Trinajstić information content (AvgIpc) is 3.09. The third kappa shape index (κ3) is 4.58. The Morgan fingerprint density at radius 1 is 0.455 bits per heavy atom. The molecule has 0 radical (unpaired) electrons. The van der Waals surface area contributed by atoms with Crippen LogP contribution in [0.15, 0.2) is 164 Å². The molecule has 210 valence electrons. The number of allylic oxidation sites excluding steroid dienone is 4. The maximum absolute atomic E-state index is 3.82. The Morgan fingerprint density at radius 3 is 1.77 bits per heavy atom. The van der Waals surface area contributed by atoms with Gasteiger partial charge in [-0.2, -0.15) is 0 Å². The Labute approximate surface area is 258 Å². The number of nitrogens with one attached hydrogen (secondary N) is 1. The lowest BCUT2D eigenvalue weighted by Gasteiger charge is -2.26. The SMILES string of the molecule is CC1C=CC=CC1c1cccc(-c2cccc(-c3ccc4c5ccccc5c5ccccc5c4c3)c2)c1Nc1ccccc1. The van der Waals surface area contributed by atoms with Gasteiger partial charge in [0.2, 0.25) is 0 Å². The Kier molecular flexibility index (Phi) is 6.57. The summed E-state index contributed by atoms with van der Waals surface area (Å²) in [7, 11) is 0. The van der Waals surface area contributed by atoms with Gasteiger partial charge in [0.15, 0.2) is 0 Å². The van der Waals surface area contributed by atoms with Crippen LogP contribution >= 0.6 is 0 Å². The highest BCUT2D eigenvalue weighted by Gasteiger charge is 2.22. The molecule has 7 aromatic carbocycles. The van der Waals surface area contributed by atoms with Crippen LogP contribution in [-0.2, 0) is 0 Å². The first kappa shape index (κ1) is 26.2. The van der Waals surface area contributed by atoms with E-state index in [1.165, 1.54) is 65.8 Å². The van der Waals surface area contributed by atoms with E-state index in [2.05, 4.69) is 176 Å². The third-order valence-electron chi connectivity index (χ3n) is 9.16. The van der Waals surface area contributed by atoms with E-state index < -0.39 is 0 Å². The zero-order valence-corrected chi connectivity index (χ0v) is 24.7. The van der Waals surface area contributed by atoms with Gasteiger partial charge in [0.05, 0.1) is 5.69 Å². The molecule has 8 rings (SSSR count). The standard InChI is InChI=1S/C43H33N/c1-29-13-5-6-18-34(29)41-24-12-23-35(43(41)44-33-16-3-2-4-17-33)32-15-11-14-30(27-32)31-25-26-40-38-21-8-7-19-36(38)37-20-9-10-22-39(37)42(40)28-31/h2-29,34,44H,1H3. The fourth-order valence-electron chi connectivity index (χ4n) is 6.95. The van der Waals surface area contributed by atoms with Crippen molar-refractivity contribution in [1.29, 1.82) is 0 Å². The van der Waals surface area contributed by atoms with Crippen LogP contribution in [0.5, 0.6) is 0 Å². The second kappa shape index (κ2) is 11.0. The first-order valence-corrected chi connectivity index (χ1v) is 15.5. The van der Waals surface area contributed by atoms with Crippen LogP contribution in [0.25, 0.3) is 54.6 Å². The zero-order chi connectivity index (χ0) is 29.5. The van der Waals surface area contributed by atoms with E-state index in [1.807, 2.05) is 0 Å². The summed E-state index contributed by atoms with van der Waals surface area (Å²) in [4.78, 5) is 0. The van der Waals surface area contributed by atoms with Crippen molar-refractivity contribution in [1.82, 2.24) is 0 Å². The summed E-state index contributed by atoms with van der Waals surface area (Å²) in [6.45, 7) is 2.30. The van der Waals surface area contributed by atoms with Crippen molar-refractivity contribution >= 4 is 43.7 Å². The van der Waals surface area contributed by atoms with Crippen LogP contribution in [-0.4, -0.2) is 0 Å². The summed E-state index contributed by atoms with van der Waals surface area (Å²) in [6.07, 6.45) is 8.97. The van der Waals surface area contributed by atoms with Crippen LogP contribution in [0.2, 0.25) is 0 Å². The molecule has 0 spiro atoms. The molecule has 2 atom stereocenters. The molecule has 1 aliphatic rings. The van der Waals surface area contributed by atoms with E-state index in [0.29, 0.717) is 11.8 Å². The first-order valence-electron chi connectivity index (χ1n) is 15.5. The molecule has 0 amide bonds. The number of fused-ring (bicyclic) bond motifs is 6. The van der Waals surface area contributed by atoms with Crippen LogP contribution in [0, 0.1) is 5.92 Å². The predicted molar refractivity (Wildman–Crippen MR) is 190 cm³/mol. The van der Waals surface area contributed by atoms with Gasteiger partial charge >= 0.3 is 0 Å². The van der Waals surface area contributed by atoms with Crippen molar-refractivity contribution < 1.29 is 0 Å². The smallest absolute Gasteiger partial charge is 0.0502 e. The highest BCUT2D eigenvalue weighted by atomic mass is 14.9. The lowest BCUT2D eigenvalue weighted by molar-refractivity contribution is 0.637. The number of para-hydroxylation sites is 2. The Hall–Kier alpha value is -5.40. The van der Waals surface area contributed by atoms with Gasteiger partial charge in [-0.1, -0.05) is 146 Å². The molecule has 1 heteroatoms. The molecule has 0 saturated heterocycles. The van der Waals surface area contributed by atoms with Crippen LogP contribution in [0.3, 0.4) is 0 Å². The first-order chi connectivity index (χ1) is 21.7. The van der Waals surface area contributed by atoms with Gasteiger partial charge in [-0.3, -0.25) is 0 Å². The second-order valence-corrected chi connectivity index (χ2v) is 11.8. The minimum atomic E-state index is 0.304. The summed E-state index contributed by atoms with van der Waals surface area (Å²) < 4.78 is 0. The van der Waals surface area contributed by atoms with Crippen molar-refractivity contribution in [2.45, 2.75) is 12.8 Å². The quantitative estimate of drug-likeness (QED) is 0.205. The molecule has 1 aliphatic carbocycles. The molecule has 1 nitrogen and oxygen atoms in total. The molecule has 0 aromatic heterocycles. The van der Waals surface area contributed by atoms with Crippen molar-refractivity contribution in [2.75, 3.05) is 5.32 Å². The van der Waals surface area contributed by atoms with Gasteiger partial charge in [0, 0.05) is 17.2 Å². The topological polar surface area (TPSA) is 12.0 Å². The number of hydrogen-bond acceptors (Lipinski definition) is 1. The Bertz CT molecular complexity index is 2190. The largest absolute Gasteiger partial charge is 0.355 e. The fourth-order valence-corrected chi connectivity index (χ4v) is 6.95. The van der Waals surface area contributed by atoms with Gasteiger partial charge in [0.1, 0.15) is 0 Å². The fraction of sp³-hybridized carbons (Fsp3) is 0.0698. The van der Waals surface area contributed by atoms with Crippen molar-refractivity contribution in [3.8, 4) is 22.3 Å². The van der Waals surface area contributed by atoms with Crippen LogP contribution in [0.4, 0.5) is 11.4 Å². The van der Waals surface area contributed by atoms with Crippen molar-refractivity contribution in [3.05, 3.63) is 169 Å². The minimum Gasteiger partial charge on any atom is -0.355 e. The average molecular weight is 564 g/mol. The summed E-state index contributed by atoms with van der Waals surface area (Å²) in [5, 5.41) is 11.6. The van der Waals surface area contributed by atoms with Gasteiger partial charge < -0.3 is 5.32 Å². The monoisotopic (exact) mass is 563 g/mol. The Morgan fingerprint density at radius 2 is 1.05 bits per heavy atom. The van der Waals surface area contributed by atoms with E-state index in [9.17, 15) is 0 Å². The second-order valence-electron chi connectivity index (χ2n) is 11.8. The number of benzene rings is 7. The molecule has 0 saturated carbocycles. The number of anilines is 2. The van der Waals surface area contributed by atoms with E-state index in [1.54, 1.807) is 0 Å². The van der Waals surface area contributed by atoms with Crippen molar-refractivity contribution in [2.24, 2.45) is 5.92 Å². The summed E-state index contributed by atoms with van der Waals surface area (Å²) >= 11 is 0. The van der Waals surface area contributed by atoms with Gasteiger partial charge in [-0.15, -0.1) is 0 Å². The highest BCUT2D eigenvalue weighted by Crippen LogP contribution is 2.42. The third-order valence-corrected chi connectivity index (χ3v) is 9.16. The molecule has 0 heterocycles. The molecular weight excluding hydrogens is 530 g/mol. The maximum Gasteiger partial charge on any atom is 0.0502 e. The number of hydrogen-bond donors (Lipinski definition) is 1. The summed E-state index contributed by atoms with van der Waals surface area (Å²) in [6, 6.07) is 50.8. The van der Waals surface area contributed by atoms with E-state index in [4.69, 9.17) is 0 Å². The van der Waals surface area contributed by atoms with E-state index in [0.717, 1.165) is 5.69 Å². The van der Waals surface area contributed by atoms with Gasteiger partial charge in [-0.25, -0.2) is 0 Å². The zero-order valence-electron chi connectivity index (χ0n) is 24.7. The minimum absolute atomic E-state index is 0.304. The molecule has 0 bridgehead atoms. The predicted octanol–water partition coefficient (Wildman–Crippen LogP) is 12.1. The molecule has 7 aromatic rings. The van der Waals surface area contributed by atoms with E-state index >= 15 is 0 Å². The molecule has 1 N–H and O–H groups in total. The maximum atomic E-state index is 3.82. The summed E-state index contributed by atoms with van der Waals surface area (Å²) in [5.41, 5.74) is 8.43. The molecular formula is C43H33N. The van der Waals surface area contributed by atoms with Gasteiger partial charge in [-0.05, 0) is 84.8 Å². The molecule has 0 aliphatic heterocycles. The lowest BCUT2D eigenvalue weighted by Crippen LogP contribution is -2.10. The Balaban J connectivity index is 1.28. The van der Waals surface area contributed by atoms with E-state index in [-0.39, 0.29) is 0 Å². The normalized spacial score (nSPS) is 16.1. The highest BCUT2D eigenvalue weighted by molar-refractivity contribution is 6.25. The van der Waals surface area contributed by atoms with Crippen LogP contribution < -0.4 is 5.32 Å². The molecule has 44 heavy (non-hydrogen) atoms. The molecule has 0 fully saturated rings. The number of rotatable bonds is 5.